The lowest BCUT2D eigenvalue weighted by molar-refractivity contribution is 0.0922. The average Bonchev–Trinajstić information content (AvgIpc) is 3.31. The van der Waals surface area contributed by atoms with Crippen LogP contribution in [0.1, 0.15) is 36.6 Å². The molecule has 1 N–H and O–H groups in total. The fourth-order valence-corrected chi connectivity index (χ4v) is 4.39. The van der Waals surface area contributed by atoms with Crippen LogP contribution in [0.15, 0.2) is 72.8 Å². The number of nitrogens with zero attached hydrogens (tertiary/aromatic N) is 2. The van der Waals surface area contributed by atoms with Crippen LogP contribution in [0.3, 0.4) is 0 Å². The van der Waals surface area contributed by atoms with Gasteiger partial charge in [0.2, 0.25) is 5.13 Å². The molecule has 30 heavy (non-hydrogen) atoms. The van der Waals surface area contributed by atoms with E-state index in [1.807, 2.05) is 30.3 Å². The molecule has 146 valence electrons. The number of aromatic nitrogens is 1. The molecular weight excluding hydrogens is 398 g/mol. The highest BCUT2D eigenvalue weighted by Gasteiger charge is 2.38. The number of nitrogens with one attached hydrogen (secondary N) is 1. The van der Waals surface area contributed by atoms with Gasteiger partial charge in [0.25, 0.3) is 17.7 Å². The van der Waals surface area contributed by atoms with Crippen LogP contribution in [0.25, 0.3) is 10.2 Å². The number of benzene rings is 3. The monoisotopic (exact) mass is 413 g/mol. The number of imide groups is 1. The van der Waals surface area contributed by atoms with Crippen molar-refractivity contribution in [2.24, 2.45) is 0 Å². The molecule has 0 aliphatic carbocycles. The Morgan fingerprint density at radius 1 is 0.900 bits per heavy atom. The number of amides is 3. The van der Waals surface area contributed by atoms with Crippen molar-refractivity contribution < 1.29 is 14.4 Å². The summed E-state index contributed by atoms with van der Waals surface area (Å²) in [5.41, 5.74) is 2.89. The van der Waals surface area contributed by atoms with E-state index in [0.29, 0.717) is 33.9 Å². The molecule has 0 radical (unpaired) electrons. The van der Waals surface area contributed by atoms with Crippen LogP contribution < -0.4 is 10.2 Å². The van der Waals surface area contributed by atoms with E-state index < -0.39 is 0 Å². The molecule has 7 heteroatoms. The molecule has 6 nitrogen and oxygen atoms in total. The maximum absolute atomic E-state index is 12.7. The molecular formula is C23H15N3O3S. The third kappa shape index (κ3) is 3.05. The summed E-state index contributed by atoms with van der Waals surface area (Å²) < 4.78 is 0.730. The fraction of sp³-hybridized carbons (Fsp3) is 0.0435. The van der Waals surface area contributed by atoms with Crippen LogP contribution in [0.5, 0.6) is 0 Å². The molecule has 1 aliphatic heterocycles. The van der Waals surface area contributed by atoms with Gasteiger partial charge in [0, 0.05) is 12.1 Å². The highest BCUT2D eigenvalue weighted by Crippen LogP contribution is 2.34. The van der Waals surface area contributed by atoms with Crippen molar-refractivity contribution >= 4 is 44.4 Å². The minimum absolute atomic E-state index is 0.198. The summed E-state index contributed by atoms with van der Waals surface area (Å²) in [5.74, 6) is -0.956. The largest absolute Gasteiger partial charge is 0.348 e. The first-order valence-electron chi connectivity index (χ1n) is 9.32. The van der Waals surface area contributed by atoms with E-state index >= 15 is 0 Å². The van der Waals surface area contributed by atoms with Crippen LogP contribution in [-0.4, -0.2) is 22.7 Å². The van der Waals surface area contributed by atoms with Gasteiger partial charge in [-0.25, -0.2) is 9.88 Å². The van der Waals surface area contributed by atoms with Crippen molar-refractivity contribution in [3.63, 3.8) is 0 Å². The molecule has 0 saturated heterocycles. The minimum Gasteiger partial charge on any atom is -0.348 e. The van der Waals surface area contributed by atoms with Gasteiger partial charge in [-0.15, -0.1) is 0 Å². The summed E-state index contributed by atoms with van der Waals surface area (Å²) in [5, 5.41) is 3.20. The molecule has 4 aromatic rings. The van der Waals surface area contributed by atoms with E-state index in [9.17, 15) is 14.4 Å². The molecule has 3 aromatic carbocycles. The second kappa shape index (κ2) is 7.20. The number of anilines is 1. The Bertz CT molecular complexity index is 1280. The molecule has 1 aromatic heterocycles. The van der Waals surface area contributed by atoms with Gasteiger partial charge in [-0.3, -0.25) is 14.4 Å². The number of rotatable bonds is 4. The maximum atomic E-state index is 12.7. The van der Waals surface area contributed by atoms with Gasteiger partial charge < -0.3 is 5.32 Å². The second-order valence-electron chi connectivity index (χ2n) is 6.84. The summed E-state index contributed by atoms with van der Waals surface area (Å²) in [4.78, 5) is 43.5. The molecule has 5 rings (SSSR count). The quantitative estimate of drug-likeness (QED) is 0.513. The van der Waals surface area contributed by atoms with Crippen molar-refractivity contribution in [2.45, 2.75) is 6.54 Å². The highest BCUT2D eigenvalue weighted by molar-refractivity contribution is 7.22. The zero-order valence-corrected chi connectivity index (χ0v) is 16.5. The predicted octanol–water partition coefficient (Wildman–Crippen LogP) is 4.03. The Kier molecular flexibility index (Phi) is 4.37. The molecule has 0 unspecified atom stereocenters. The van der Waals surface area contributed by atoms with Crippen molar-refractivity contribution in [3.05, 3.63) is 95.1 Å². The number of fused-ring (bicyclic) bond motifs is 2. The lowest BCUT2D eigenvalue weighted by Crippen LogP contribution is -2.29. The first kappa shape index (κ1) is 18.2. The lowest BCUT2D eigenvalue weighted by atomic mass is 10.1. The summed E-state index contributed by atoms with van der Waals surface area (Å²) in [6.45, 7) is 0.431. The van der Waals surface area contributed by atoms with E-state index in [-0.39, 0.29) is 17.7 Å². The Hall–Kier alpha value is -3.84. The predicted molar refractivity (Wildman–Crippen MR) is 115 cm³/mol. The van der Waals surface area contributed by atoms with Crippen LogP contribution in [0.4, 0.5) is 5.13 Å². The van der Waals surface area contributed by atoms with Gasteiger partial charge in [0.1, 0.15) is 0 Å². The molecule has 0 saturated carbocycles. The Balaban J connectivity index is 1.40. The third-order valence-electron chi connectivity index (χ3n) is 4.92. The molecule has 2 heterocycles. The van der Waals surface area contributed by atoms with Gasteiger partial charge in [-0.2, -0.15) is 0 Å². The molecule has 0 bridgehead atoms. The van der Waals surface area contributed by atoms with Crippen LogP contribution in [0.2, 0.25) is 0 Å². The lowest BCUT2D eigenvalue weighted by Gasteiger charge is -2.08. The highest BCUT2D eigenvalue weighted by atomic mass is 32.1. The summed E-state index contributed by atoms with van der Waals surface area (Å²) >= 11 is 1.21. The van der Waals surface area contributed by atoms with Crippen molar-refractivity contribution in [1.82, 2.24) is 10.3 Å². The molecule has 3 amide bonds. The van der Waals surface area contributed by atoms with Gasteiger partial charge in [0.15, 0.2) is 0 Å². The summed E-state index contributed by atoms with van der Waals surface area (Å²) in [7, 11) is 0. The first-order valence-corrected chi connectivity index (χ1v) is 10.1. The topological polar surface area (TPSA) is 79.4 Å². The number of hydrogen-bond donors (Lipinski definition) is 1. The number of thiazole rings is 1. The second-order valence-corrected chi connectivity index (χ2v) is 7.85. The van der Waals surface area contributed by atoms with E-state index in [2.05, 4.69) is 10.3 Å². The van der Waals surface area contributed by atoms with Crippen molar-refractivity contribution in [2.75, 3.05) is 4.90 Å². The van der Waals surface area contributed by atoms with Crippen LogP contribution >= 0.6 is 11.3 Å². The van der Waals surface area contributed by atoms with Gasteiger partial charge in [-0.05, 0) is 35.9 Å². The normalized spacial score (nSPS) is 13.0. The standard InChI is InChI=1S/C23H15N3O3S/c27-20(24-13-14-6-2-1-3-7-14)15-10-11-18-19(12-15)30-23(25-18)26-21(28)16-8-4-5-9-17(16)22(26)29/h1-12H,13H2,(H,24,27). The zero-order chi connectivity index (χ0) is 20.7. The first-order chi connectivity index (χ1) is 14.6. The summed E-state index contributed by atoms with van der Waals surface area (Å²) in [6, 6.07) is 21.5. The summed E-state index contributed by atoms with van der Waals surface area (Å²) in [6.07, 6.45) is 0. The maximum Gasteiger partial charge on any atom is 0.268 e. The molecule has 0 spiro atoms. The molecule has 1 aliphatic rings. The fourth-order valence-electron chi connectivity index (χ4n) is 3.39. The van der Waals surface area contributed by atoms with E-state index in [1.54, 1.807) is 42.5 Å². The number of carbonyl (C=O) groups excluding carboxylic acids is 3. The minimum atomic E-state index is -0.379. The van der Waals surface area contributed by atoms with E-state index in [1.165, 1.54) is 11.3 Å². The Morgan fingerprint density at radius 2 is 1.57 bits per heavy atom. The van der Waals surface area contributed by atoms with Gasteiger partial charge in [0.05, 0.1) is 21.3 Å². The van der Waals surface area contributed by atoms with Gasteiger partial charge >= 0.3 is 0 Å². The van der Waals surface area contributed by atoms with Crippen molar-refractivity contribution in [3.8, 4) is 0 Å². The molecule has 0 fully saturated rings. The third-order valence-corrected chi connectivity index (χ3v) is 5.92. The van der Waals surface area contributed by atoms with Crippen molar-refractivity contribution in [1.29, 1.82) is 0 Å². The van der Waals surface area contributed by atoms with Crippen LogP contribution in [-0.2, 0) is 6.54 Å². The number of hydrogen-bond acceptors (Lipinski definition) is 5. The SMILES string of the molecule is O=C(NCc1ccccc1)c1ccc2nc(N3C(=O)c4ccccc4C3=O)sc2c1. The smallest absolute Gasteiger partial charge is 0.268 e. The number of carbonyl (C=O) groups is 3. The Morgan fingerprint density at radius 3 is 2.27 bits per heavy atom. The average molecular weight is 413 g/mol. The van der Waals surface area contributed by atoms with E-state index in [4.69, 9.17) is 0 Å². The van der Waals surface area contributed by atoms with E-state index in [0.717, 1.165) is 15.2 Å². The molecule has 0 atom stereocenters. The van der Waals surface area contributed by atoms with Crippen LogP contribution in [0, 0.1) is 0 Å². The van der Waals surface area contributed by atoms with Gasteiger partial charge in [-0.1, -0.05) is 53.8 Å². The zero-order valence-electron chi connectivity index (χ0n) is 15.7. The Labute approximate surface area is 175 Å².